The summed E-state index contributed by atoms with van der Waals surface area (Å²) in [5.74, 6) is 0.576. The van der Waals surface area contributed by atoms with Crippen LogP contribution in [0.2, 0.25) is 0 Å². The molecule has 0 aliphatic carbocycles. The third-order valence-corrected chi connectivity index (χ3v) is 3.87. The highest BCUT2D eigenvalue weighted by Crippen LogP contribution is 2.19. The molecule has 1 fully saturated rings. The number of nitrogens with one attached hydrogen (secondary N) is 1. The maximum absolute atomic E-state index is 12.6. The van der Waals surface area contributed by atoms with Gasteiger partial charge in [-0.3, -0.25) is 10.2 Å². The van der Waals surface area contributed by atoms with Gasteiger partial charge in [0.25, 0.3) is 0 Å². The van der Waals surface area contributed by atoms with Gasteiger partial charge in [-0.2, -0.15) is 18.3 Å². The van der Waals surface area contributed by atoms with Crippen LogP contribution in [-0.2, 0) is 6.54 Å². The smallest absolute Gasteiger partial charge is 0.323 e. The Morgan fingerprint density at radius 2 is 2.12 bits per heavy atom. The maximum Gasteiger partial charge on any atom is 0.401 e. The highest BCUT2D eigenvalue weighted by atomic mass is 19.4. The summed E-state index contributed by atoms with van der Waals surface area (Å²) in [4.78, 5) is 15.4. The molecule has 0 radical (unpaired) electrons. The second-order valence-electron chi connectivity index (χ2n) is 6.27. The van der Waals surface area contributed by atoms with Crippen LogP contribution in [0.3, 0.4) is 0 Å². The number of halogens is 3. The highest BCUT2D eigenvalue weighted by molar-refractivity contribution is 5.88. The van der Waals surface area contributed by atoms with Crippen molar-refractivity contribution in [2.45, 2.75) is 33.0 Å². The molecule has 1 N–H and O–H groups in total. The number of rotatable bonds is 4. The van der Waals surface area contributed by atoms with Gasteiger partial charge in [0.15, 0.2) is 0 Å². The van der Waals surface area contributed by atoms with E-state index in [2.05, 4.69) is 10.4 Å². The Morgan fingerprint density at radius 3 is 2.79 bits per heavy atom. The molecule has 0 spiro atoms. The molecule has 1 aliphatic heterocycles. The van der Waals surface area contributed by atoms with Crippen molar-refractivity contribution in [3.8, 4) is 0 Å². The number of aryl methyl sites for hydroxylation is 1. The number of urea groups is 1. The predicted molar refractivity (Wildman–Crippen MR) is 84.8 cm³/mol. The number of amides is 2. The second kappa shape index (κ2) is 7.87. The van der Waals surface area contributed by atoms with Gasteiger partial charge < -0.3 is 4.90 Å². The Kier molecular flexibility index (Phi) is 6.09. The third-order valence-electron chi connectivity index (χ3n) is 3.87. The largest absolute Gasteiger partial charge is 0.401 e. The number of alkyl halides is 3. The van der Waals surface area contributed by atoms with Gasteiger partial charge in [0.05, 0.1) is 12.7 Å². The van der Waals surface area contributed by atoms with Crippen molar-refractivity contribution < 1.29 is 18.0 Å². The number of hydrogen-bond acceptors (Lipinski definition) is 3. The molecule has 0 bridgehead atoms. The summed E-state index contributed by atoms with van der Waals surface area (Å²) < 4.78 is 39.4. The Bertz CT molecular complexity index is 545. The van der Waals surface area contributed by atoms with E-state index in [1.165, 1.54) is 4.90 Å². The van der Waals surface area contributed by atoms with Gasteiger partial charge in [-0.05, 0) is 12.3 Å². The highest BCUT2D eigenvalue weighted by Gasteiger charge is 2.33. The minimum absolute atomic E-state index is 0.0267. The SMILES string of the molecule is CCCn1nccc1NC(=O)N1CCN(CC(F)(F)F)CC(C)C1. The molecule has 1 aromatic heterocycles. The van der Waals surface area contributed by atoms with E-state index in [0.29, 0.717) is 25.5 Å². The van der Waals surface area contributed by atoms with Gasteiger partial charge in [-0.25, -0.2) is 9.48 Å². The summed E-state index contributed by atoms with van der Waals surface area (Å²) in [5.41, 5.74) is 0. The molecule has 2 amide bonds. The molecule has 1 saturated heterocycles. The van der Waals surface area contributed by atoms with Crippen LogP contribution in [-0.4, -0.2) is 64.5 Å². The summed E-state index contributed by atoms with van der Waals surface area (Å²) in [5, 5.41) is 6.94. The first-order valence-electron chi connectivity index (χ1n) is 8.15. The first-order chi connectivity index (χ1) is 11.3. The number of aromatic nitrogens is 2. The number of anilines is 1. The molecule has 0 aromatic carbocycles. The van der Waals surface area contributed by atoms with E-state index in [9.17, 15) is 18.0 Å². The van der Waals surface area contributed by atoms with Crippen molar-refractivity contribution in [1.82, 2.24) is 19.6 Å². The van der Waals surface area contributed by atoms with Gasteiger partial charge in [0.1, 0.15) is 5.82 Å². The lowest BCUT2D eigenvalue weighted by Crippen LogP contribution is -2.40. The molecule has 24 heavy (non-hydrogen) atoms. The fraction of sp³-hybridized carbons (Fsp3) is 0.733. The van der Waals surface area contributed by atoms with Gasteiger partial charge in [0.2, 0.25) is 0 Å². The fourth-order valence-corrected chi connectivity index (χ4v) is 2.92. The van der Waals surface area contributed by atoms with E-state index in [4.69, 9.17) is 0 Å². The number of carbonyl (C=O) groups excluding carboxylic acids is 1. The first kappa shape index (κ1) is 18.6. The van der Waals surface area contributed by atoms with Crippen molar-refractivity contribution in [3.63, 3.8) is 0 Å². The van der Waals surface area contributed by atoms with Crippen molar-refractivity contribution in [1.29, 1.82) is 0 Å². The van der Waals surface area contributed by atoms with Crippen LogP contribution in [0.15, 0.2) is 12.3 Å². The molecule has 1 unspecified atom stereocenters. The molecule has 2 rings (SSSR count). The Balaban J connectivity index is 1.96. The molecule has 1 aliphatic rings. The molecule has 136 valence electrons. The van der Waals surface area contributed by atoms with E-state index < -0.39 is 12.7 Å². The van der Waals surface area contributed by atoms with E-state index in [1.54, 1.807) is 21.8 Å². The first-order valence-corrected chi connectivity index (χ1v) is 8.15. The Hall–Kier alpha value is -1.77. The van der Waals surface area contributed by atoms with E-state index in [-0.39, 0.29) is 25.0 Å². The second-order valence-corrected chi connectivity index (χ2v) is 6.27. The molecule has 1 atom stereocenters. The number of hydrogen-bond donors (Lipinski definition) is 1. The van der Waals surface area contributed by atoms with E-state index in [1.807, 2.05) is 13.8 Å². The van der Waals surface area contributed by atoms with Crippen LogP contribution in [0.5, 0.6) is 0 Å². The van der Waals surface area contributed by atoms with E-state index in [0.717, 1.165) is 6.42 Å². The van der Waals surface area contributed by atoms with Crippen molar-refractivity contribution >= 4 is 11.8 Å². The third kappa shape index (κ3) is 5.40. The molecule has 0 saturated carbocycles. The molecule has 2 heterocycles. The maximum atomic E-state index is 12.6. The lowest BCUT2D eigenvalue weighted by molar-refractivity contribution is -0.146. The van der Waals surface area contributed by atoms with Gasteiger partial charge in [-0.1, -0.05) is 13.8 Å². The van der Waals surface area contributed by atoms with Gasteiger partial charge in [0, 0.05) is 38.8 Å². The lowest BCUT2D eigenvalue weighted by atomic mass is 10.1. The molecule has 1 aromatic rings. The lowest BCUT2D eigenvalue weighted by Gasteiger charge is -2.23. The predicted octanol–water partition coefficient (Wildman–Crippen LogP) is 2.64. The number of nitrogens with zero attached hydrogens (tertiary/aromatic N) is 4. The van der Waals surface area contributed by atoms with Crippen molar-refractivity contribution in [3.05, 3.63) is 12.3 Å². The summed E-state index contributed by atoms with van der Waals surface area (Å²) in [6.45, 7) is 4.88. The molecular weight excluding hydrogens is 323 g/mol. The zero-order chi connectivity index (χ0) is 17.7. The summed E-state index contributed by atoms with van der Waals surface area (Å²) >= 11 is 0. The summed E-state index contributed by atoms with van der Waals surface area (Å²) in [6.07, 6.45) is -1.72. The average molecular weight is 347 g/mol. The van der Waals surface area contributed by atoms with Crippen molar-refractivity contribution in [2.24, 2.45) is 5.92 Å². The monoisotopic (exact) mass is 347 g/mol. The van der Waals surface area contributed by atoms with Crippen LogP contribution >= 0.6 is 0 Å². The normalized spacial score (nSPS) is 20.0. The summed E-state index contributed by atoms with van der Waals surface area (Å²) in [7, 11) is 0. The van der Waals surface area contributed by atoms with Crippen LogP contribution in [0.1, 0.15) is 20.3 Å². The topological polar surface area (TPSA) is 53.4 Å². The fourth-order valence-electron chi connectivity index (χ4n) is 2.92. The Morgan fingerprint density at radius 1 is 1.38 bits per heavy atom. The standard InChI is InChI=1S/C15H24F3N5O/c1-3-6-23-13(4-5-19-23)20-14(24)22-8-7-21(9-12(2)10-22)11-15(16,17)18/h4-5,12H,3,6-11H2,1-2H3,(H,20,24). The van der Waals surface area contributed by atoms with Crippen LogP contribution in [0.25, 0.3) is 0 Å². The van der Waals surface area contributed by atoms with E-state index >= 15 is 0 Å². The van der Waals surface area contributed by atoms with Crippen LogP contribution in [0.4, 0.5) is 23.8 Å². The van der Waals surface area contributed by atoms with Gasteiger partial charge in [-0.15, -0.1) is 0 Å². The minimum atomic E-state index is -4.22. The van der Waals surface area contributed by atoms with Crippen LogP contribution < -0.4 is 5.32 Å². The van der Waals surface area contributed by atoms with Gasteiger partial charge >= 0.3 is 12.2 Å². The zero-order valence-electron chi connectivity index (χ0n) is 14.0. The van der Waals surface area contributed by atoms with Crippen molar-refractivity contribution in [2.75, 3.05) is 38.0 Å². The molecular formula is C15H24F3N5O. The van der Waals surface area contributed by atoms with Crippen LogP contribution in [0, 0.1) is 5.92 Å². The molecule has 6 nitrogen and oxygen atoms in total. The number of carbonyl (C=O) groups is 1. The average Bonchev–Trinajstić information content (AvgIpc) is 2.80. The zero-order valence-corrected chi connectivity index (χ0v) is 14.0. The Labute approximate surface area is 139 Å². The summed E-state index contributed by atoms with van der Waals surface area (Å²) in [6, 6.07) is 1.42. The minimum Gasteiger partial charge on any atom is -0.323 e. The quantitative estimate of drug-likeness (QED) is 0.911. The molecule has 9 heteroatoms.